The van der Waals surface area contributed by atoms with E-state index in [0.29, 0.717) is 43.1 Å². The van der Waals surface area contributed by atoms with Crippen molar-refractivity contribution in [1.29, 1.82) is 0 Å². The molecule has 3 aromatic rings. The third-order valence-electron chi connectivity index (χ3n) is 4.79. The molecule has 7 nitrogen and oxygen atoms in total. The number of hydrogen-bond donors (Lipinski definition) is 1. The van der Waals surface area contributed by atoms with Gasteiger partial charge in [-0.3, -0.25) is 9.59 Å². The summed E-state index contributed by atoms with van der Waals surface area (Å²) in [6.45, 7) is 3.97. The number of amides is 2. The van der Waals surface area contributed by atoms with Gasteiger partial charge >= 0.3 is 0 Å². The van der Waals surface area contributed by atoms with E-state index in [4.69, 9.17) is 9.15 Å². The summed E-state index contributed by atoms with van der Waals surface area (Å²) in [6.07, 6.45) is 1.23. The van der Waals surface area contributed by atoms with Crippen LogP contribution in [0.4, 0.5) is 5.69 Å². The molecule has 0 bridgehead atoms. The maximum Gasteiger partial charge on any atom is 0.276 e. The molecule has 1 aromatic heterocycles. The molecule has 2 amide bonds. The standard InChI is InChI=1S/C22H21N3O4/c1-15-6-8-16(9-7-15)24-21(26)18-5-3-2-4-17(18)20-19(23-14-29-20)22(27)25-10-12-28-13-11-25/h2-9,14H,10-13H2,1H3,(H,24,26). The topological polar surface area (TPSA) is 84.7 Å². The van der Waals surface area contributed by atoms with Gasteiger partial charge < -0.3 is 19.4 Å². The third-order valence-corrected chi connectivity index (χ3v) is 4.79. The van der Waals surface area contributed by atoms with E-state index in [-0.39, 0.29) is 23.3 Å². The summed E-state index contributed by atoms with van der Waals surface area (Å²) in [4.78, 5) is 31.6. The van der Waals surface area contributed by atoms with Crippen molar-refractivity contribution < 1.29 is 18.7 Å². The maximum atomic E-state index is 12.9. The van der Waals surface area contributed by atoms with Crippen LogP contribution in [0.2, 0.25) is 0 Å². The number of morpholine rings is 1. The number of nitrogens with zero attached hydrogens (tertiary/aromatic N) is 2. The molecular formula is C22H21N3O4. The molecule has 1 saturated heterocycles. The monoisotopic (exact) mass is 391 g/mol. The SMILES string of the molecule is Cc1ccc(NC(=O)c2ccccc2-c2ocnc2C(=O)N2CCOCC2)cc1. The zero-order valence-electron chi connectivity index (χ0n) is 16.1. The smallest absolute Gasteiger partial charge is 0.276 e. The second-order valence-corrected chi connectivity index (χ2v) is 6.80. The summed E-state index contributed by atoms with van der Waals surface area (Å²) < 4.78 is 10.9. The molecule has 0 radical (unpaired) electrons. The van der Waals surface area contributed by atoms with Crippen LogP contribution in [0.5, 0.6) is 0 Å². The number of nitrogens with one attached hydrogen (secondary N) is 1. The van der Waals surface area contributed by atoms with Crippen molar-refractivity contribution in [2.24, 2.45) is 0 Å². The quantitative estimate of drug-likeness (QED) is 0.737. The van der Waals surface area contributed by atoms with E-state index in [0.717, 1.165) is 5.56 Å². The van der Waals surface area contributed by atoms with Crippen LogP contribution in [0.25, 0.3) is 11.3 Å². The van der Waals surface area contributed by atoms with E-state index in [1.807, 2.05) is 31.2 Å². The number of carbonyl (C=O) groups is 2. The Morgan fingerprint density at radius 1 is 1.03 bits per heavy atom. The van der Waals surface area contributed by atoms with Crippen LogP contribution < -0.4 is 5.32 Å². The van der Waals surface area contributed by atoms with E-state index < -0.39 is 0 Å². The van der Waals surface area contributed by atoms with E-state index in [1.165, 1.54) is 6.39 Å². The Kier molecular flexibility index (Phi) is 5.39. The van der Waals surface area contributed by atoms with E-state index in [1.54, 1.807) is 29.2 Å². The largest absolute Gasteiger partial charge is 0.443 e. The molecule has 0 saturated carbocycles. The molecule has 0 unspecified atom stereocenters. The fraction of sp³-hybridized carbons (Fsp3) is 0.227. The second kappa shape index (κ2) is 8.28. The molecule has 1 aliphatic heterocycles. The van der Waals surface area contributed by atoms with Crippen LogP contribution in [-0.4, -0.2) is 48.0 Å². The van der Waals surface area contributed by atoms with Gasteiger partial charge in [-0.2, -0.15) is 0 Å². The molecule has 1 N–H and O–H groups in total. The Hall–Kier alpha value is -3.45. The number of aromatic nitrogens is 1. The maximum absolute atomic E-state index is 12.9. The molecule has 7 heteroatoms. The lowest BCUT2D eigenvalue weighted by Gasteiger charge is -2.26. The van der Waals surface area contributed by atoms with Gasteiger partial charge in [-0.1, -0.05) is 35.9 Å². The number of aryl methyl sites for hydroxylation is 1. The van der Waals surface area contributed by atoms with Crippen LogP contribution in [0, 0.1) is 6.92 Å². The Labute approximate surface area is 168 Å². The van der Waals surface area contributed by atoms with Gasteiger partial charge in [0.25, 0.3) is 11.8 Å². The summed E-state index contributed by atoms with van der Waals surface area (Å²) in [7, 11) is 0. The number of anilines is 1. The summed E-state index contributed by atoms with van der Waals surface area (Å²) in [5.74, 6) is -0.229. The molecule has 0 atom stereocenters. The van der Waals surface area contributed by atoms with Gasteiger partial charge in [0.2, 0.25) is 0 Å². The summed E-state index contributed by atoms with van der Waals surface area (Å²) in [6, 6.07) is 14.6. The predicted molar refractivity (Wildman–Crippen MR) is 108 cm³/mol. The van der Waals surface area contributed by atoms with Gasteiger partial charge in [0, 0.05) is 24.3 Å². The van der Waals surface area contributed by atoms with Crippen LogP contribution in [0.1, 0.15) is 26.4 Å². The van der Waals surface area contributed by atoms with Crippen molar-refractivity contribution in [3.8, 4) is 11.3 Å². The molecule has 2 heterocycles. The molecule has 0 spiro atoms. The van der Waals surface area contributed by atoms with E-state index in [2.05, 4.69) is 10.3 Å². The first kappa shape index (κ1) is 18.9. The molecule has 2 aromatic carbocycles. The average molecular weight is 391 g/mol. The lowest BCUT2D eigenvalue weighted by atomic mass is 10.0. The molecule has 29 heavy (non-hydrogen) atoms. The first-order valence-corrected chi connectivity index (χ1v) is 9.41. The minimum Gasteiger partial charge on any atom is -0.443 e. The van der Waals surface area contributed by atoms with Crippen LogP contribution in [0.3, 0.4) is 0 Å². The van der Waals surface area contributed by atoms with E-state index in [9.17, 15) is 9.59 Å². The van der Waals surface area contributed by atoms with Gasteiger partial charge in [-0.15, -0.1) is 0 Å². The first-order valence-electron chi connectivity index (χ1n) is 9.41. The highest BCUT2D eigenvalue weighted by Crippen LogP contribution is 2.28. The van der Waals surface area contributed by atoms with E-state index >= 15 is 0 Å². The van der Waals surface area contributed by atoms with Crippen molar-refractivity contribution in [3.05, 3.63) is 71.7 Å². The Balaban J connectivity index is 1.63. The van der Waals surface area contributed by atoms with Gasteiger partial charge in [-0.05, 0) is 25.1 Å². The fourth-order valence-corrected chi connectivity index (χ4v) is 3.22. The summed E-state index contributed by atoms with van der Waals surface area (Å²) in [5, 5.41) is 2.89. The van der Waals surface area contributed by atoms with Crippen molar-refractivity contribution in [2.45, 2.75) is 6.92 Å². The Morgan fingerprint density at radius 2 is 1.76 bits per heavy atom. The zero-order chi connectivity index (χ0) is 20.2. The van der Waals surface area contributed by atoms with Crippen molar-refractivity contribution in [2.75, 3.05) is 31.6 Å². The number of hydrogen-bond acceptors (Lipinski definition) is 5. The molecule has 1 fully saturated rings. The van der Waals surface area contributed by atoms with Gasteiger partial charge in [0.05, 0.1) is 18.8 Å². The van der Waals surface area contributed by atoms with Crippen LogP contribution in [0.15, 0.2) is 59.3 Å². The molecule has 4 rings (SSSR count). The highest BCUT2D eigenvalue weighted by atomic mass is 16.5. The number of rotatable bonds is 4. The highest BCUT2D eigenvalue weighted by Gasteiger charge is 2.27. The van der Waals surface area contributed by atoms with Crippen molar-refractivity contribution >= 4 is 17.5 Å². The minimum atomic E-state index is -0.286. The van der Waals surface area contributed by atoms with Crippen LogP contribution in [-0.2, 0) is 4.74 Å². The first-order chi connectivity index (χ1) is 14.1. The Morgan fingerprint density at radius 3 is 2.52 bits per heavy atom. The lowest BCUT2D eigenvalue weighted by Crippen LogP contribution is -2.41. The molecule has 0 aliphatic carbocycles. The average Bonchev–Trinajstić information content (AvgIpc) is 3.25. The van der Waals surface area contributed by atoms with Crippen LogP contribution >= 0.6 is 0 Å². The molecular weight excluding hydrogens is 370 g/mol. The fourth-order valence-electron chi connectivity index (χ4n) is 3.22. The normalized spacial score (nSPS) is 13.9. The summed E-state index contributed by atoms with van der Waals surface area (Å²) in [5.41, 5.74) is 2.92. The third kappa shape index (κ3) is 4.05. The second-order valence-electron chi connectivity index (χ2n) is 6.80. The van der Waals surface area contributed by atoms with Gasteiger partial charge in [0.15, 0.2) is 17.8 Å². The minimum absolute atomic E-state index is 0.197. The molecule has 1 aliphatic rings. The predicted octanol–water partition coefficient (Wildman–Crippen LogP) is 3.37. The van der Waals surface area contributed by atoms with Crippen molar-refractivity contribution in [1.82, 2.24) is 9.88 Å². The highest BCUT2D eigenvalue weighted by molar-refractivity contribution is 6.09. The Bertz CT molecular complexity index is 1020. The molecule has 148 valence electrons. The van der Waals surface area contributed by atoms with Gasteiger partial charge in [0.1, 0.15) is 0 Å². The number of benzene rings is 2. The zero-order valence-corrected chi connectivity index (χ0v) is 16.1. The number of carbonyl (C=O) groups excluding carboxylic acids is 2. The van der Waals surface area contributed by atoms with Crippen molar-refractivity contribution in [3.63, 3.8) is 0 Å². The van der Waals surface area contributed by atoms with Gasteiger partial charge in [-0.25, -0.2) is 4.98 Å². The summed E-state index contributed by atoms with van der Waals surface area (Å²) >= 11 is 0. The number of ether oxygens (including phenoxy) is 1. The lowest BCUT2D eigenvalue weighted by molar-refractivity contribution is 0.0299. The number of oxazole rings is 1.